The highest BCUT2D eigenvalue weighted by Crippen LogP contribution is 2.26. The smallest absolute Gasteiger partial charge is 0.342 e. The first-order valence-electron chi connectivity index (χ1n) is 11.3. The van der Waals surface area contributed by atoms with Crippen molar-refractivity contribution in [3.8, 4) is 5.75 Å². The lowest BCUT2D eigenvalue weighted by Gasteiger charge is -2.18. The van der Waals surface area contributed by atoms with E-state index in [0.29, 0.717) is 23.1 Å². The predicted molar refractivity (Wildman–Crippen MR) is 127 cm³/mol. The second-order valence-electron chi connectivity index (χ2n) is 8.63. The molecule has 1 aliphatic rings. The van der Waals surface area contributed by atoms with Crippen LogP contribution in [0.5, 0.6) is 5.75 Å². The van der Waals surface area contributed by atoms with Crippen molar-refractivity contribution in [2.45, 2.75) is 32.9 Å². The number of carbonyl (C=O) groups excluding carboxylic acids is 5. The van der Waals surface area contributed by atoms with Gasteiger partial charge in [0.25, 0.3) is 17.7 Å². The maximum absolute atomic E-state index is 12.8. The van der Waals surface area contributed by atoms with Crippen molar-refractivity contribution in [1.82, 2.24) is 10.2 Å². The van der Waals surface area contributed by atoms with E-state index in [0.717, 1.165) is 4.90 Å². The van der Waals surface area contributed by atoms with Gasteiger partial charge in [-0.15, -0.1) is 0 Å². The average Bonchev–Trinajstić information content (AvgIpc) is 3.11. The quantitative estimate of drug-likeness (QED) is 0.392. The number of fused-ring (bicyclic) bond motifs is 1. The number of carbonyl (C=O) groups is 5. The van der Waals surface area contributed by atoms with Crippen molar-refractivity contribution >= 4 is 29.7 Å². The van der Waals surface area contributed by atoms with Crippen LogP contribution in [0, 0.1) is 5.92 Å². The fourth-order valence-electron chi connectivity index (χ4n) is 3.85. The molecule has 0 radical (unpaired) electrons. The molecule has 2 aromatic rings. The highest BCUT2D eigenvalue weighted by Gasteiger charge is 2.35. The lowest BCUT2D eigenvalue weighted by Crippen LogP contribution is -2.44. The van der Waals surface area contributed by atoms with Gasteiger partial charge in [0.05, 0.1) is 31.9 Å². The number of amides is 3. The van der Waals surface area contributed by atoms with E-state index in [1.165, 1.54) is 26.4 Å². The minimum absolute atomic E-state index is 0.0195. The van der Waals surface area contributed by atoms with E-state index in [-0.39, 0.29) is 23.8 Å². The number of ether oxygens (including phenoxy) is 3. The van der Waals surface area contributed by atoms with Gasteiger partial charge in [0, 0.05) is 0 Å². The molecule has 10 nitrogen and oxygen atoms in total. The van der Waals surface area contributed by atoms with Crippen LogP contribution in [0.15, 0.2) is 42.5 Å². The summed E-state index contributed by atoms with van der Waals surface area (Å²) in [6, 6.07) is 10.3. The molecule has 1 unspecified atom stereocenters. The number of methoxy groups -OCH3 is 2. The van der Waals surface area contributed by atoms with E-state index in [2.05, 4.69) is 5.32 Å². The van der Waals surface area contributed by atoms with Gasteiger partial charge >= 0.3 is 11.9 Å². The van der Waals surface area contributed by atoms with Gasteiger partial charge in [-0.05, 0) is 42.2 Å². The molecule has 0 spiro atoms. The summed E-state index contributed by atoms with van der Waals surface area (Å²) in [5.41, 5.74) is 1.16. The second-order valence-corrected chi connectivity index (χ2v) is 8.63. The van der Waals surface area contributed by atoms with Gasteiger partial charge in [0.2, 0.25) is 0 Å². The van der Waals surface area contributed by atoms with Crippen LogP contribution in [-0.4, -0.2) is 61.4 Å². The number of nitrogens with zero attached hydrogens (tertiary/aromatic N) is 1. The fourth-order valence-corrected chi connectivity index (χ4v) is 3.85. The lowest BCUT2D eigenvalue weighted by molar-refractivity contribution is -0.145. The third-order valence-electron chi connectivity index (χ3n) is 5.57. The van der Waals surface area contributed by atoms with E-state index in [1.54, 1.807) is 30.3 Å². The van der Waals surface area contributed by atoms with Gasteiger partial charge in [-0.3, -0.25) is 19.3 Å². The lowest BCUT2D eigenvalue weighted by atomic mass is 10.0. The number of hydrogen-bond acceptors (Lipinski definition) is 8. The Morgan fingerprint density at radius 3 is 2.17 bits per heavy atom. The zero-order valence-electron chi connectivity index (χ0n) is 20.5. The van der Waals surface area contributed by atoms with Gasteiger partial charge < -0.3 is 19.5 Å². The van der Waals surface area contributed by atoms with Crippen LogP contribution in [0.25, 0.3) is 0 Å². The van der Waals surface area contributed by atoms with Crippen molar-refractivity contribution in [2.75, 3.05) is 20.8 Å². The highest BCUT2D eigenvalue weighted by molar-refractivity contribution is 6.21. The summed E-state index contributed by atoms with van der Waals surface area (Å²) in [5, 5.41) is 2.51. The molecule has 2 aromatic carbocycles. The molecule has 3 rings (SSSR count). The Kier molecular flexibility index (Phi) is 8.42. The van der Waals surface area contributed by atoms with E-state index in [1.807, 2.05) is 13.8 Å². The van der Waals surface area contributed by atoms with Gasteiger partial charge in [-0.25, -0.2) is 9.59 Å². The van der Waals surface area contributed by atoms with Crippen LogP contribution >= 0.6 is 0 Å². The predicted octanol–water partition coefficient (Wildman–Crippen LogP) is 2.35. The zero-order chi connectivity index (χ0) is 26.4. The van der Waals surface area contributed by atoms with E-state index >= 15 is 0 Å². The van der Waals surface area contributed by atoms with E-state index < -0.39 is 42.3 Å². The maximum Gasteiger partial charge on any atom is 0.342 e. The summed E-state index contributed by atoms with van der Waals surface area (Å²) in [6.45, 7) is 3.09. The van der Waals surface area contributed by atoms with Crippen LogP contribution in [-0.2, 0) is 25.6 Å². The minimum atomic E-state index is -0.862. The maximum atomic E-state index is 12.8. The Balaban J connectivity index is 1.69. The zero-order valence-corrected chi connectivity index (χ0v) is 20.5. The van der Waals surface area contributed by atoms with Gasteiger partial charge in [0.15, 0.2) is 6.61 Å². The molecular formula is C26H28N2O8. The van der Waals surface area contributed by atoms with E-state index in [4.69, 9.17) is 14.2 Å². The Morgan fingerprint density at radius 1 is 0.972 bits per heavy atom. The largest absolute Gasteiger partial charge is 0.496 e. The Labute approximate surface area is 208 Å². The highest BCUT2D eigenvalue weighted by atomic mass is 16.5. The summed E-state index contributed by atoms with van der Waals surface area (Å²) in [5.74, 6) is -2.64. The number of hydrogen-bond donors (Lipinski definition) is 1. The van der Waals surface area contributed by atoms with Gasteiger partial charge in [-0.1, -0.05) is 32.0 Å². The molecule has 1 heterocycles. The molecule has 0 fully saturated rings. The number of nitrogens with one attached hydrogen (secondary N) is 1. The van der Waals surface area contributed by atoms with Crippen LogP contribution in [0.4, 0.5) is 0 Å². The van der Waals surface area contributed by atoms with Crippen LogP contribution < -0.4 is 10.1 Å². The standard InChI is InChI=1S/C26H28N2O8/c1-15(2)11-20(26(33)35-4)27-22(29)14-36-25(32)19-12-16(9-10-21(19)34-3)13-28-23(30)17-7-5-6-8-18(17)24(28)31/h5-10,12,15,20H,11,13-14H2,1-4H3,(H,27,29). The molecule has 0 aliphatic carbocycles. The van der Waals surface area contributed by atoms with Gasteiger partial charge in [0.1, 0.15) is 17.4 Å². The molecule has 0 saturated carbocycles. The van der Waals surface area contributed by atoms with Crippen LogP contribution in [0.2, 0.25) is 0 Å². The average molecular weight is 497 g/mol. The molecule has 10 heteroatoms. The topological polar surface area (TPSA) is 128 Å². The molecule has 190 valence electrons. The van der Waals surface area contributed by atoms with Crippen LogP contribution in [0.3, 0.4) is 0 Å². The Morgan fingerprint density at radius 2 is 1.61 bits per heavy atom. The number of imide groups is 1. The molecule has 0 aromatic heterocycles. The first-order valence-corrected chi connectivity index (χ1v) is 11.3. The van der Waals surface area contributed by atoms with Crippen molar-refractivity contribution in [1.29, 1.82) is 0 Å². The number of esters is 2. The number of rotatable bonds is 10. The molecule has 1 N–H and O–H groups in total. The summed E-state index contributed by atoms with van der Waals surface area (Å²) in [6.07, 6.45) is 0.361. The molecule has 1 aliphatic heterocycles. The van der Waals surface area contributed by atoms with E-state index in [9.17, 15) is 24.0 Å². The molecule has 0 bridgehead atoms. The van der Waals surface area contributed by atoms with Crippen LogP contribution in [0.1, 0.15) is 56.9 Å². The SMILES string of the molecule is COC(=O)C(CC(C)C)NC(=O)COC(=O)c1cc(CN2C(=O)c3ccccc3C2=O)ccc1OC. The Bertz CT molecular complexity index is 1160. The van der Waals surface area contributed by atoms with Gasteiger partial charge in [-0.2, -0.15) is 0 Å². The Hall–Kier alpha value is -4.21. The van der Waals surface area contributed by atoms with Crippen molar-refractivity contribution in [2.24, 2.45) is 5.92 Å². The van der Waals surface area contributed by atoms with Crippen molar-refractivity contribution < 1.29 is 38.2 Å². The molecule has 36 heavy (non-hydrogen) atoms. The summed E-state index contributed by atoms with van der Waals surface area (Å²) in [7, 11) is 2.60. The summed E-state index contributed by atoms with van der Waals surface area (Å²) >= 11 is 0. The molecular weight excluding hydrogens is 468 g/mol. The molecule has 1 atom stereocenters. The first-order chi connectivity index (χ1) is 17.2. The first kappa shape index (κ1) is 26.4. The number of benzene rings is 2. The fraction of sp³-hybridized carbons (Fsp3) is 0.346. The normalized spacial score (nSPS) is 13.3. The van der Waals surface area contributed by atoms with Crippen molar-refractivity contribution in [3.05, 3.63) is 64.7 Å². The monoisotopic (exact) mass is 496 g/mol. The molecule has 0 saturated heterocycles. The third-order valence-corrected chi connectivity index (χ3v) is 5.57. The summed E-state index contributed by atoms with van der Waals surface area (Å²) < 4.78 is 15.1. The minimum Gasteiger partial charge on any atom is -0.496 e. The van der Waals surface area contributed by atoms with Crippen molar-refractivity contribution in [3.63, 3.8) is 0 Å². The third kappa shape index (κ3) is 5.88. The molecule has 3 amide bonds. The summed E-state index contributed by atoms with van der Waals surface area (Å²) in [4.78, 5) is 63.4. The second kappa shape index (κ2) is 11.5.